The number of halogens is 2. The molecule has 0 radical (unpaired) electrons. The van der Waals surface area contributed by atoms with Crippen LogP contribution in [0.4, 0.5) is 0 Å². The van der Waals surface area contributed by atoms with E-state index in [0.717, 1.165) is 21.9 Å². The Labute approximate surface area is 104 Å². The van der Waals surface area contributed by atoms with Gasteiger partial charge in [-0.15, -0.1) is 0 Å². The molecule has 2 nitrogen and oxygen atoms in total. The Morgan fingerprint density at radius 1 is 1.06 bits per heavy atom. The Hall–Kier alpha value is -0.800. The third-order valence-electron chi connectivity index (χ3n) is 2.57. The summed E-state index contributed by atoms with van der Waals surface area (Å²) in [5.74, 6) is 5.08. The molecule has 0 aliphatic rings. The van der Waals surface area contributed by atoms with Crippen LogP contribution in [-0.4, -0.2) is 0 Å². The van der Waals surface area contributed by atoms with E-state index in [9.17, 15) is 0 Å². The highest BCUT2D eigenvalue weighted by Gasteiger charge is 2.05. The van der Waals surface area contributed by atoms with Gasteiger partial charge in [-0.1, -0.05) is 29.3 Å². The molecule has 0 heterocycles. The molecule has 2 aromatic rings. The number of fused-ring (bicyclic) bond motifs is 1. The van der Waals surface area contributed by atoms with Crippen molar-refractivity contribution < 1.29 is 4.84 Å². The van der Waals surface area contributed by atoms with Gasteiger partial charge in [-0.2, -0.15) is 0 Å². The van der Waals surface area contributed by atoms with E-state index in [1.807, 2.05) is 31.2 Å². The van der Waals surface area contributed by atoms with Gasteiger partial charge in [0.2, 0.25) is 0 Å². The molecule has 2 N–H and O–H groups in total. The van der Waals surface area contributed by atoms with Crippen LogP contribution in [-0.2, 0) is 11.4 Å². The van der Waals surface area contributed by atoms with Gasteiger partial charge in [0, 0.05) is 0 Å². The molecule has 0 spiro atoms. The van der Waals surface area contributed by atoms with Crippen molar-refractivity contribution >= 4 is 34.0 Å². The topological polar surface area (TPSA) is 35.2 Å². The van der Waals surface area contributed by atoms with Crippen LogP contribution in [0.3, 0.4) is 0 Å². The van der Waals surface area contributed by atoms with Gasteiger partial charge >= 0.3 is 0 Å². The lowest BCUT2D eigenvalue weighted by molar-refractivity contribution is 0.124. The Bertz CT molecular complexity index is 540. The summed E-state index contributed by atoms with van der Waals surface area (Å²) in [6.07, 6.45) is 0. The van der Waals surface area contributed by atoms with Gasteiger partial charge in [0.1, 0.15) is 0 Å². The molecule has 0 amide bonds. The van der Waals surface area contributed by atoms with Crippen molar-refractivity contribution in [1.82, 2.24) is 0 Å². The highest BCUT2D eigenvalue weighted by molar-refractivity contribution is 6.42. The second-order valence-electron chi connectivity index (χ2n) is 3.70. The van der Waals surface area contributed by atoms with Crippen molar-refractivity contribution in [1.29, 1.82) is 0 Å². The molecule has 2 rings (SSSR count). The van der Waals surface area contributed by atoms with E-state index >= 15 is 0 Å². The smallest absolute Gasteiger partial charge is 0.0932 e. The first-order valence-corrected chi connectivity index (χ1v) is 5.57. The van der Waals surface area contributed by atoms with Gasteiger partial charge in [-0.3, -0.25) is 4.84 Å². The summed E-state index contributed by atoms with van der Waals surface area (Å²) in [4.78, 5) is 4.65. The van der Waals surface area contributed by atoms with E-state index in [2.05, 4.69) is 4.84 Å². The van der Waals surface area contributed by atoms with Gasteiger partial charge in [-0.25, -0.2) is 5.90 Å². The van der Waals surface area contributed by atoms with Crippen LogP contribution >= 0.6 is 23.2 Å². The third kappa shape index (κ3) is 2.15. The first-order valence-electron chi connectivity index (χ1n) is 4.82. The fraction of sp³-hybridized carbons (Fsp3) is 0.167. The van der Waals surface area contributed by atoms with Crippen LogP contribution in [0.1, 0.15) is 11.1 Å². The Balaban J connectivity index is 2.65. The average molecular weight is 256 g/mol. The first kappa shape index (κ1) is 11.7. The molecule has 0 aliphatic carbocycles. The summed E-state index contributed by atoms with van der Waals surface area (Å²) in [6, 6.07) is 7.77. The van der Waals surface area contributed by atoms with Crippen molar-refractivity contribution in [2.45, 2.75) is 13.5 Å². The van der Waals surface area contributed by atoms with E-state index in [1.54, 1.807) is 0 Å². The van der Waals surface area contributed by atoms with Crippen molar-refractivity contribution in [3.8, 4) is 0 Å². The van der Waals surface area contributed by atoms with Crippen LogP contribution < -0.4 is 5.90 Å². The first-order chi connectivity index (χ1) is 7.61. The predicted octanol–water partition coefficient (Wildman–Crippen LogP) is 3.85. The number of hydrogen-bond donors (Lipinski definition) is 1. The zero-order chi connectivity index (χ0) is 11.7. The highest BCUT2D eigenvalue weighted by atomic mass is 35.5. The van der Waals surface area contributed by atoms with Crippen molar-refractivity contribution in [2.24, 2.45) is 5.90 Å². The number of nitrogens with two attached hydrogens (primary N) is 1. The van der Waals surface area contributed by atoms with Gasteiger partial charge in [0.25, 0.3) is 0 Å². The molecule has 2 aromatic carbocycles. The highest BCUT2D eigenvalue weighted by Crippen LogP contribution is 2.29. The van der Waals surface area contributed by atoms with E-state index in [4.69, 9.17) is 29.1 Å². The van der Waals surface area contributed by atoms with E-state index < -0.39 is 0 Å². The van der Waals surface area contributed by atoms with Crippen molar-refractivity contribution in [3.63, 3.8) is 0 Å². The minimum atomic E-state index is 0.391. The van der Waals surface area contributed by atoms with E-state index in [-0.39, 0.29) is 0 Å². The maximum Gasteiger partial charge on any atom is 0.0932 e. The lowest BCUT2D eigenvalue weighted by Crippen LogP contribution is -2.00. The molecule has 0 bridgehead atoms. The normalized spacial score (nSPS) is 11.0. The zero-order valence-corrected chi connectivity index (χ0v) is 10.3. The van der Waals surface area contributed by atoms with E-state index in [0.29, 0.717) is 16.7 Å². The summed E-state index contributed by atoms with van der Waals surface area (Å²) >= 11 is 11.9. The summed E-state index contributed by atoms with van der Waals surface area (Å²) in [5.41, 5.74) is 2.17. The minimum Gasteiger partial charge on any atom is -0.300 e. The monoisotopic (exact) mass is 255 g/mol. The fourth-order valence-corrected chi connectivity index (χ4v) is 2.04. The van der Waals surface area contributed by atoms with Gasteiger partial charge in [-0.05, 0) is 47.0 Å². The molecule has 0 aromatic heterocycles. The van der Waals surface area contributed by atoms with Gasteiger partial charge in [0.05, 0.1) is 16.7 Å². The molecule has 0 atom stereocenters. The SMILES string of the molecule is Cc1cc2cc(Cl)c(Cl)cc2cc1CON. The molecule has 0 saturated heterocycles. The lowest BCUT2D eigenvalue weighted by atomic mass is 10.0. The second kappa shape index (κ2) is 4.60. The second-order valence-corrected chi connectivity index (χ2v) is 4.52. The molecule has 16 heavy (non-hydrogen) atoms. The molecule has 0 saturated carbocycles. The van der Waals surface area contributed by atoms with Gasteiger partial charge < -0.3 is 0 Å². The summed E-state index contributed by atoms with van der Waals surface area (Å²) < 4.78 is 0. The van der Waals surface area contributed by atoms with Crippen LogP contribution in [0, 0.1) is 6.92 Å². The van der Waals surface area contributed by atoms with Crippen LogP contribution in [0.2, 0.25) is 10.0 Å². The zero-order valence-electron chi connectivity index (χ0n) is 8.76. The molecule has 0 unspecified atom stereocenters. The van der Waals surface area contributed by atoms with Crippen LogP contribution in [0.15, 0.2) is 24.3 Å². The molecule has 0 aliphatic heterocycles. The Morgan fingerprint density at radius 2 is 1.62 bits per heavy atom. The fourth-order valence-electron chi connectivity index (χ4n) is 1.70. The largest absolute Gasteiger partial charge is 0.300 e. The summed E-state index contributed by atoms with van der Waals surface area (Å²) in [5, 5.41) is 3.22. The minimum absolute atomic E-state index is 0.391. The molecular weight excluding hydrogens is 245 g/mol. The molecule has 4 heteroatoms. The summed E-state index contributed by atoms with van der Waals surface area (Å²) in [6.45, 7) is 2.40. The van der Waals surface area contributed by atoms with E-state index in [1.165, 1.54) is 0 Å². The molecule has 84 valence electrons. The predicted molar refractivity (Wildman–Crippen MR) is 67.7 cm³/mol. The summed E-state index contributed by atoms with van der Waals surface area (Å²) in [7, 11) is 0. The maximum absolute atomic E-state index is 5.97. The number of rotatable bonds is 2. The quantitative estimate of drug-likeness (QED) is 0.828. The maximum atomic E-state index is 5.97. The number of hydrogen-bond acceptors (Lipinski definition) is 2. The van der Waals surface area contributed by atoms with Crippen LogP contribution in [0.5, 0.6) is 0 Å². The number of aryl methyl sites for hydroxylation is 1. The lowest BCUT2D eigenvalue weighted by Gasteiger charge is -2.08. The molecular formula is C12H11Cl2NO. The molecule has 0 fully saturated rings. The standard InChI is InChI=1S/C12H11Cl2NO/c1-7-2-8-4-11(13)12(14)5-9(8)3-10(7)6-16-15/h2-5H,6,15H2,1H3. The number of benzene rings is 2. The van der Waals surface area contributed by atoms with Gasteiger partial charge in [0.15, 0.2) is 0 Å². The van der Waals surface area contributed by atoms with Crippen LogP contribution in [0.25, 0.3) is 10.8 Å². The Morgan fingerprint density at radius 3 is 2.19 bits per heavy atom. The third-order valence-corrected chi connectivity index (χ3v) is 3.30. The van der Waals surface area contributed by atoms with Crippen molar-refractivity contribution in [2.75, 3.05) is 0 Å². The van der Waals surface area contributed by atoms with Crippen molar-refractivity contribution in [3.05, 3.63) is 45.4 Å². The Kier molecular flexibility index (Phi) is 3.36. The average Bonchev–Trinajstić information content (AvgIpc) is 2.23.